The first-order valence-electron chi connectivity index (χ1n) is 12.2. The highest BCUT2D eigenvalue weighted by atomic mass is 16.5. The monoisotopic (exact) mass is 478 g/mol. The number of rotatable bonds is 7. The van der Waals surface area contributed by atoms with E-state index in [2.05, 4.69) is 29.8 Å². The third-order valence-corrected chi connectivity index (χ3v) is 6.82. The summed E-state index contributed by atoms with van der Waals surface area (Å²) in [4.78, 5) is 41.1. The van der Waals surface area contributed by atoms with E-state index in [0.717, 1.165) is 23.3 Å². The smallest absolute Gasteiger partial charge is 0.256 e. The molecule has 2 heterocycles. The third kappa shape index (κ3) is 5.32. The number of amides is 3. The molecule has 0 saturated carbocycles. The fourth-order valence-corrected chi connectivity index (χ4v) is 4.88. The van der Waals surface area contributed by atoms with Gasteiger partial charge in [0.1, 0.15) is 11.8 Å². The Hall–Kier alpha value is -3.39. The average molecular weight is 479 g/mol. The molecule has 0 radical (unpaired) electrons. The summed E-state index contributed by atoms with van der Waals surface area (Å²) in [6.45, 7) is 4.56. The highest BCUT2D eigenvalue weighted by molar-refractivity contribution is 6.10. The number of nitrogens with one attached hydrogen (secondary N) is 3. The lowest BCUT2D eigenvalue weighted by Gasteiger charge is -2.37. The number of hydrogen-bond donors (Lipinski definition) is 3. The maximum atomic E-state index is 13.5. The lowest BCUT2D eigenvalue weighted by atomic mass is 9.95. The van der Waals surface area contributed by atoms with E-state index in [1.807, 2.05) is 36.4 Å². The summed E-state index contributed by atoms with van der Waals surface area (Å²) in [5.74, 6) is 0.686. The molecule has 3 unspecified atom stereocenters. The van der Waals surface area contributed by atoms with Gasteiger partial charge < -0.3 is 25.6 Å². The summed E-state index contributed by atoms with van der Waals surface area (Å²) in [5.41, 5.74) is 2.83. The van der Waals surface area contributed by atoms with Crippen LogP contribution in [0.4, 0.5) is 5.69 Å². The van der Waals surface area contributed by atoms with Crippen molar-refractivity contribution < 1.29 is 19.1 Å². The van der Waals surface area contributed by atoms with Crippen LogP contribution in [0, 0.1) is 5.92 Å². The van der Waals surface area contributed by atoms with Gasteiger partial charge >= 0.3 is 0 Å². The van der Waals surface area contributed by atoms with Crippen molar-refractivity contribution in [3.8, 4) is 16.9 Å². The lowest BCUT2D eigenvalue weighted by molar-refractivity contribution is -0.126. The Morgan fingerprint density at radius 1 is 1.14 bits per heavy atom. The molecular weight excluding hydrogens is 444 g/mol. The Balaban J connectivity index is 1.51. The molecule has 2 aliphatic rings. The van der Waals surface area contributed by atoms with Crippen LogP contribution in [0.2, 0.25) is 0 Å². The van der Waals surface area contributed by atoms with Crippen LogP contribution >= 0.6 is 0 Å². The number of fused-ring (bicyclic) bond motifs is 2. The number of anilines is 1. The predicted molar refractivity (Wildman–Crippen MR) is 135 cm³/mol. The van der Waals surface area contributed by atoms with Crippen molar-refractivity contribution in [3.05, 3.63) is 48.0 Å². The van der Waals surface area contributed by atoms with E-state index in [4.69, 9.17) is 4.74 Å². The molecule has 0 bridgehead atoms. The van der Waals surface area contributed by atoms with E-state index in [1.165, 1.54) is 0 Å². The van der Waals surface area contributed by atoms with Crippen LogP contribution in [0.1, 0.15) is 43.5 Å². The van der Waals surface area contributed by atoms with Crippen molar-refractivity contribution in [2.75, 3.05) is 26.0 Å². The lowest BCUT2D eigenvalue weighted by Crippen LogP contribution is -2.56. The molecule has 2 aromatic carbocycles. The van der Waals surface area contributed by atoms with Crippen molar-refractivity contribution in [2.24, 2.45) is 5.92 Å². The van der Waals surface area contributed by atoms with Gasteiger partial charge in [-0.1, -0.05) is 32.0 Å². The van der Waals surface area contributed by atoms with Gasteiger partial charge in [-0.3, -0.25) is 14.4 Å². The van der Waals surface area contributed by atoms with Crippen LogP contribution in [0.15, 0.2) is 42.5 Å². The van der Waals surface area contributed by atoms with E-state index in [1.54, 1.807) is 25.1 Å². The van der Waals surface area contributed by atoms with Gasteiger partial charge in [-0.05, 0) is 67.6 Å². The summed E-state index contributed by atoms with van der Waals surface area (Å²) in [6, 6.07) is 12.1. The number of methoxy groups -OCH3 is 1. The molecule has 186 valence electrons. The van der Waals surface area contributed by atoms with Crippen molar-refractivity contribution in [1.29, 1.82) is 0 Å². The number of carbonyl (C=O) groups is 3. The summed E-state index contributed by atoms with van der Waals surface area (Å²) >= 11 is 0. The molecule has 8 heteroatoms. The second-order valence-electron chi connectivity index (χ2n) is 9.69. The van der Waals surface area contributed by atoms with Gasteiger partial charge in [0.2, 0.25) is 11.8 Å². The summed E-state index contributed by atoms with van der Waals surface area (Å²) in [6.07, 6.45) is 1.73. The minimum atomic E-state index is -0.628. The summed E-state index contributed by atoms with van der Waals surface area (Å²) < 4.78 is 5.23. The van der Waals surface area contributed by atoms with Crippen LogP contribution in [-0.4, -0.2) is 61.4 Å². The number of hydrogen-bond acceptors (Lipinski definition) is 5. The Kier molecular flexibility index (Phi) is 7.40. The minimum Gasteiger partial charge on any atom is -0.497 e. The van der Waals surface area contributed by atoms with Crippen molar-refractivity contribution >= 4 is 23.4 Å². The number of benzene rings is 2. The highest BCUT2D eigenvalue weighted by Crippen LogP contribution is 2.32. The van der Waals surface area contributed by atoms with Crippen LogP contribution in [0.5, 0.6) is 5.75 Å². The zero-order valence-corrected chi connectivity index (χ0v) is 20.8. The Bertz CT molecular complexity index is 1100. The maximum absolute atomic E-state index is 13.5. The molecule has 0 aromatic heterocycles. The molecule has 1 fully saturated rings. The minimum absolute atomic E-state index is 0.0626. The van der Waals surface area contributed by atoms with Crippen LogP contribution in [0.25, 0.3) is 11.1 Å². The first-order chi connectivity index (χ1) is 16.8. The number of likely N-dealkylation sites (N-methyl/N-ethyl adjacent to an activating group) is 1. The van der Waals surface area contributed by atoms with E-state index in [-0.39, 0.29) is 29.8 Å². The van der Waals surface area contributed by atoms with Crippen LogP contribution < -0.4 is 20.7 Å². The van der Waals surface area contributed by atoms with E-state index >= 15 is 0 Å². The van der Waals surface area contributed by atoms with Gasteiger partial charge in [0.15, 0.2) is 0 Å². The molecule has 8 nitrogen and oxygen atoms in total. The van der Waals surface area contributed by atoms with Gasteiger partial charge in [0.05, 0.1) is 24.4 Å². The SMILES string of the molecule is CNC(CC(C)C)C(=O)NC1CCN2C(=O)c3cc(-c4ccc(OC)cc4)ccc3NC(=O)C2C1. The van der Waals surface area contributed by atoms with Crippen LogP contribution in [0.3, 0.4) is 0 Å². The van der Waals surface area contributed by atoms with Crippen molar-refractivity contribution in [3.63, 3.8) is 0 Å². The second kappa shape index (κ2) is 10.5. The quantitative estimate of drug-likeness (QED) is 0.568. The molecule has 1 saturated heterocycles. The molecule has 2 aliphatic heterocycles. The Labute approximate surface area is 206 Å². The molecule has 35 heavy (non-hydrogen) atoms. The molecule has 3 amide bonds. The van der Waals surface area contributed by atoms with Gasteiger partial charge in [0.25, 0.3) is 5.91 Å². The second-order valence-corrected chi connectivity index (χ2v) is 9.69. The number of piperidine rings is 1. The zero-order valence-electron chi connectivity index (χ0n) is 20.8. The average Bonchev–Trinajstić information content (AvgIpc) is 2.96. The van der Waals surface area contributed by atoms with E-state index < -0.39 is 6.04 Å². The molecule has 0 spiro atoms. The maximum Gasteiger partial charge on any atom is 0.256 e. The van der Waals surface area contributed by atoms with E-state index in [9.17, 15) is 14.4 Å². The summed E-state index contributed by atoms with van der Waals surface area (Å²) in [7, 11) is 3.40. The van der Waals surface area contributed by atoms with Crippen LogP contribution in [-0.2, 0) is 9.59 Å². The predicted octanol–water partition coefficient (Wildman–Crippen LogP) is 3.04. The molecule has 3 N–H and O–H groups in total. The zero-order chi connectivity index (χ0) is 25.1. The van der Waals surface area contributed by atoms with Gasteiger partial charge in [-0.2, -0.15) is 0 Å². The topological polar surface area (TPSA) is 99.8 Å². The summed E-state index contributed by atoms with van der Waals surface area (Å²) in [5, 5.41) is 9.11. The Morgan fingerprint density at radius 3 is 2.51 bits per heavy atom. The van der Waals surface area contributed by atoms with E-state index in [0.29, 0.717) is 36.6 Å². The number of ether oxygens (including phenoxy) is 1. The fraction of sp³-hybridized carbons (Fsp3) is 0.444. The van der Waals surface area contributed by atoms with Crippen molar-refractivity contribution in [1.82, 2.24) is 15.5 Å². The first kappa shape index (κ1) is 24.7. The number of carbonyl (C=O) groups excluding carboxylic acids is 3. The molecular formula is C27H34N4O4. The van der Waals surface area contributed by atoms with Crippen molar-refractivity contribution in [2.45, 2.75) is 51.2 Å². The standard InChI is InChI=1S/C27H34N4O4/c1-16(2)13-23(28-3)25(32)29-19-11-12-31-24(15-19)26(33)30-22-10-7-18(14-21(22)27(31)34)17-5-8-20(35-4)9-6-17/h5-10,14,16,19,23-24,28H,11-13,15H2,1-4H3,(H,29,32)(H,30,33). The van der Waals surface area contributed by atoms with Gasteiger partial charge in [0, 0.05) is 12.6 Å². The molecule has 4 rings (SSSR count). The normalized spacial score (nSPS) is 20.4. The molecule has 2 aromatic rings. The molecule has 3 atom stereocenters. The highest BCUT2D eigenvalue weighted by Gasteiger charge is 2.40. The Morgan fingerprint density at radius 2 is 1.86 bits per heavy atom. The fourth-order valence-electron chi connectivity index (χ4n) is 4.88. The number of nitrogens with zero attached hydrogens (tertiary/aromatic N) is 1. The first-order valence-corrected chi connectivity index (χ1v) is 12.2. The third-order valence-electron chi connectivity index (χ3n) is 6.82. The van der Waals surface area contributed by atoms with Gasteiger partial charge in [-0.25, -0.2) is 0 Å². The van der Waals surface area contributed by atoms with Gasteiger partial charge in [-0.15, -0.1) is 0 Å². The molecule has 0 aliphatic carbocycles. The largest absolute Gasteiger partial charge is 0.497 e.